The maximum absolute atomic E-state index is 12.2. The Balaban J connectivity index is 0.00000220. The normalized spacial score (nSPS) is 19.5. The summed E-state index contributed by atoms with van der Waals surface area (Å²) < 4.78 is 0. The van der Waals surface area contributed by atoms with Crippen LogP contribution in [0.1, 0.15) is 19.8 Å². The number of halogens is 3. The van der Waals surface area contributed by atoms with E-state index in [1.807, 2.05) is 6.92 Å². The van der Waals surface area contributed by atoms with E-state index < -0.39 is 0 Å². The smallest absolute Gasteiger partial charge is 0.233 e. The van der Waals surface area contributed by atoms with E-state index in [0.717, 1.165) is 30.8 Å². The zero-order chi connectivity index (χ0) is 14.5. The summed E-state index contributed by atoms with van der Waals surface area (Å²) in [7, 11) is 0. The molecule has 3 nitrogen and oxygen atoms in total. The van der Waals surface area contributed by atoms with Crippen LogP contribution >= 0.6 is 47.4 Å². The Kier molecular flexibility index (Phi) is 8.21. The molecule has 1 amide bonds. The molecule has 1 aromatic rings. The fourth-order valence-corrected chi connectivity index (χ4v) is 3.52. The summed E-state index contributed by atoms with van der Waals surface area (Å²) in [4.78, 5) is 13.0. The average molecular weight is 370 g/mol. The molecular weight excluding hydrogens is 351 g/mol. The standard InChI is InChI=1S/C14H18Cl2N2OS.ClH/c1-9(14(19)18-11-3-2-6-17-8-11)20-13-7-10(15)4-5-12(13)16;/h4-5,7,9,11,17H,2-3,6,8H2,1H3,(H,18,19);1H. The minimum absolute atomic E-state index is 0. The van der Waals surface area contributed by atoms with Gasteiger partial charge in [-0.15, -0.1) is 24.2 Å². The van der Waals surface area contributed by atoms with Crippen LogP contribution in [0, 0.1) is 0 Å². The zero-order valence-electron chi connectivity index (χ0n) is 11.7. The summed E-state index contributed by atoms with van der Waals surface area (Å²) >= 11 is 13.5. The SMILES string of the molecule is CC(Sc1cc(Cl)ccc1Cl)C(=O)NC1CCCNC1.Cl. The van der Waals surface area contributed by atoms with Gasteiger partial charge in [-0.25, -0.2) is 0 Å². The number of benzene rings is 1. The second-order valence-electron chi connectivity index (χ2n) is 4.89. The van der Waals surface area contributed by atoms with Crippen molar-refractivity contribution in [3.63, 3.8) is 0 Å². The summed E-state index contributed by atoms with van der Waals surface area (Å²) in [5.74, 6) is 0.0414. The third kappa shape index (κ3) is 5.87. The van der Waals surface area contributed by atoms with Crippen LogP contribution in [0.15, 0.2) is 23.1 Å². The van der Waals surface area contributed by atoms with Crippen LogP contribution in [0.2, 0.25) is 10.0 Å². The highest BCUT2D eigenvalue weighted by Gasteiger charge is 2.20. The van der Waals surface area contributed by atoms with Crippen molar-refractivity contribution >= 4 is 53.3 Å². The Labute approximate surface area is 145 Å². The number of nitrogens with one attached hydrogen (secondary N) is 2. The Morgan fingerprint density at radius 3 is 2.90 bits per heavy atom. The number of carbonyl (C=O) groups is 1. The molecule has 1 fully saturated rings. The molecule has 2 atom stereocenters. The third-order valence-corrected chi connectivity index (χ3v) is 5.05. The van der Waals surface area contributed by atoms with Gasteiger partial charge in [-0.1, -0.05) is 23.2 Å². The number of carbonyl (C=O) groups excluding carboxylic acids is 1. The second-order valence-corrected chi connectivity index (χ2v) is 7.11. The van der Waals surface area contributed by atoms with Crippen LogP contribution in [-0.2, 0) is 4.79 Å². The topological polar surface area (TPSA) is 41.1 Å². The predicted molar refractivity (Wildman–Crippen MR) is 93.1 cm³/mol. The fraction of sp³-hybridized carbons (Fsp3) is 0.500. The van der Waals surface area contributed by atoms with Crippen LogP contribution in [0.5, 0.6) is 0 Å². The van der Waals surface area contributed by atoms with Crippen molar-refractivity contribution in [1.29, 1.82) is 0 Å². The van der Waals surface area contributed by atoms with Crippen LogP contribution in [0.3, 0.4) is 0 Å². The lowest BCUT2D eigenvalue weighted by atomic mass is 10.1. The first-order valence-corrected chi connectivity index (χ1v) is 8.32. The zero-order valence-corrected chi connectivity index (χ0v) is 14.8. The minimum atomic E-state index is -0.201. The molecule has 2 rings (SSSR count). The summed E-state index contributed by atoms with van der Waals surface area (Å²) in [5.41, 5.74) is 0. The molecule has 0 aliphatic carbocycles. The van der Waals surface area contributed by atoms with E-state index in [1.165, 1.54) is 11.8 Å². The third-order valence-electron chi connectivity index (χ3n) is 3.21. The van der Waals surface area contributed by atoms with E-state index in [0.29, 0.717) is 10.0 Å². The first-order chi connectivity index (χ1) is 9.56. The number of hydrogen-bond donors (Lipinski definition) is 2. The van der Waals surface area contributed by atoms with Crippen LogP contribution < -0.4 is 10.6 Å². The maximum Gasteiger partial charge on any atom is 0.233 e. The van der Waals surface area contributed by atoms with Gasteiger partial charge in [-0.3, -0.25) is 4.79 Å². The number of hydrogen-bond acceptors (Lipinski definition) is 3. The van der Waals surface area contributed by atoms with E-state index in [9.17, 15) is 4.79 Å². The Morgan fingerprint density at radius 1 is 1.48 bits per heavy atom. The molecule has 2 N–H and O–H groups in total. The van der Waals surface area contributed by atoms with Crippen molar-refractivity contribution < 1.29 is 4.79 Å². The number of piperidine rings is 1. The van der Waals surface area contributed by atoms with Crippen molar-refractivity contribution in [1.82, 2.24) is 10.6 Å². The first kappa shape index (κ1) is 18.9. The van der Waals surface area contributed by atoms with Gasteiger partial charge in [0.25, 0.3) is 0 Å². The van der Waals surface area contributed by atoms with E-state index >= 15 is 0 Å². The lowest BCUT2D eigenvalue weighted by Gasteiger charge is -2.25. The molecule has 7 heteroatoms. The highest BCUT2D eigenvalue weighted by Crippen LogP contribution is 2.32. The molecule has 1 aromatic carbocycles. The van der Waals surface area contributed by atoms with Crippen molar-refractivity contribution in [2.75, 3.05) is 13.1 Å². The summed E-state index contributed by atoms with van der Waals surface area (Å²) in [6.45, 7) is 3.77. The molecule has 1 heterocycles. The van der Waals surface area contributed by atoms with Crippen molar-refractivity contribution in [2.45, 2.75) is 36.0 Å². The van der Waals surface area contributed by atoms with Crippen LogP contribution in [0.4, 0.5) is 0 Å². The van der Waals surface area contributed by atoms with Crippen molar-refractivity contribution in [2.24, 2.45) is 0 Å². The molecule has 0 spiro atoms. The lowest BCUT2D eigenvalue weighted by Crippen LogP contribution is -2.47. The Morgan fingerprint density at radius 2 is 2.24 bits per heavy atom. The molecule has 0 radical (unpaired) electrons. The van der Waals surface area contributed by atoms with E-state index in [4.69, 9.17) is 23.2 Å². The van der Waals surface area contributed by atoms with Gasteiger partial charge in [-0.2, -0.15) is 0 Å². The van der Waals surface area contributed by atoms with Gasteiger partial charge in [0.05, 0.1) is 10.3 Å². The average Bonchev–Trinajstić information content (AvgIpc) is 2.44. The Bertz CT molecular complexity index is 481. The molecular formula is C14H19Cl3N2OS. The largest absolute Gasteiger partial charge is 0.351 e. The molecule has 0 aromatic heterocycles. The summed E-state index contributed by atoms with van der Waals surface area (Å²) in [6.07, 6.45) is 2.14. The highest BCUT2D eigenvalue weighted by atomic mass is 35.5. The Hall–Kier alpha value is -0.130. The molecule has 2 unspecified atom stereocenters. The van der Waals surface area contributed by atoms with Gasteiger partial charge >= 0.3 is 0 Å². The molecule has 0 saturated carbocycles. The summed E-state index contributed by atoms with van der Waals surface area (Å²) in [6, 6.07) is 5.52. The number of amides is 1. The second kappa shape index (κ2) is 9.11. The fourth-order valence-electron chi connectivity index (χ4n) is 2.11. The van der Waals surface area contributed by atoms with Crippen LogP contribution in [-0.4, -0.2) is 30.3 Å². The van der Waals surface area contributed by atoms with Gasteiger partial charge < -0.3 is 10.6 Å². The van der Waals surface area contributed by atoms with E-state index in [1.54, 1.807) is 18.2 Å². The van der Waals surface area contributed by atoms with Gasteiger partial charge in [-0.05, 0) is 44.5 Å². The number of thioether (sulfide) groups is 1. The first-order valence-electron chi connectivity index (χ1n) is 6.69. The van der Waals surface area contributed by atoms with E-state index in [2.05, 4.69) is 10.6 Å². The molecule has 118 valence electrons. The van der Waals surface area contributed by atoms with Gasteiger partial charge in [0.1, 0.15) is 0 Å². The van der Waals surface area contributed by atoms with E-state index in [-0.39, 0.29) is 29.6 Å². The van der Waals surface area contributed by atoms with Gasteiger partial charge in [0.15, 0.2) is 0 Å². The molecule has 0 bridgehead atoms. The minimum Gasteiger partial charge on any atom is -0.351 e. The molecule has 1 aliphatic rings. The van der Waals surface area contributed by atoms with Crippen molar-refractivity contribution in [3.05, 3.63) is 28.2 Å². The van der Waals surface area contributed by atoms with Gasteiger partial charge in [0, 0.05) is 22.5 Å². The maximum atomic E-state index is 12.2. The lowest BCUT2D eigenvalue weighted by molar-refractivity contribution is -0.121. The quantitative estimate of drug-likeness (QED) is 0.794. The van der Waals surface area contributed by atoms with Gasteiger partial charge in [0.2, 0.25) is 5.91 Å². The summed E-state index contributed by atoms with van der Waals surface area (Å²) in [5, 5.41) is 7.41. The van der Waals surface area contributed by atoms with Crippen molar-refractivity contribution in [3.8, 4) is 0 Å². The molecule has 1 aliphatic heterocycles. The number of rotatable bonds is 4. The predicted octanol–water partition coefficient (Wildman–Crippen LogP) is 3.76. The highest BCUT2D eigenvalue weighted by molar-refractivity contribution is 8.00. The molecule has 1 saturated heterocycles. The monoisotopic (exact) mass is 368 g/mol. The molecule has 21 heavy (non-hydrogen) atoms. The van der Waals surface area contributed by atoms with Crippen LogP contribution in [0.25, 0.3) is 0 Å².